The predicted octanol–water partition coefficient (Wildman–Crippen LogP) is 2.21. The molecule has 116 valence electrons. The lowest BCUT2D eigenvalue weighted by atomic mass is 10.0. The number of nitrogens with zero attached hydrogens (tertiary/aromatic N) is 2. The fraction of sp³-hybridized carbons (Fsp3) is 0.333. The number of hydrogen-bond acceptors (Lipinski definition) is 4. The summed E-state index contributed by atoms with van der Waals surface area (Å²) >= 11 is 0. The second-order valence-corrected chi connectivity index (χ2v) is 5.29. The minimum Gasteiger partial charge on any atom is -0.448 e. The summed E-state index contributed by atoms with van der Waals surface area (Å²) in [5, 5.41) is 9.85. The Hall–Kier alpha value is -2.28. The van der Waals surface area contributed by atoms with Crippen molar-refractivity contribution in [3.63, 3.8) is 0 Å². The zero-order valence-corrected chi connectivity index (χ0v) is 11.8. The summed E-state index contributed by atoms with van der Waals surface area (Å²) in [5.74, 6) is -1.35. The molecular weight excluding hydrogens is 294 g/mol. The van der Waals surface area contributed by atoms with Crippen LogP contribution in [0.3, 0.4) is 0 Å². The lowest BCUT2D eigenvalue weighted by Gasteiger charge is -2.24. The van der Waals surface area contributed by atoms with Crippen molar-refractivity contribution in [2.45, 2.75) is 25.5 Å². The number of carbonyl (C=O) groups is 1. The lowest BCUT2D eigenvalue weighted by molar-refractivity contribution is 0.0706. The molecule has 0 saturated carbocycles. The van der Waals surface area contributed by atoms with E-state index in [4.69, 9.17) is 4.42 Å². The van der Waals surface area contributed by atoms with Crippen LogP contribution in [0.2, 0.25) is 0 Å². The summed E-state index contributed by atoms with van der Waals surface area (Å²) in [6.07, 6.45) is 0.486. The molecule has 1 amide bonds. The number of halogens is 2. The van der Waals surface area contributed by atoms with Crippen LogP contribution in [0.25, 0.3) is 0 Å². The summed E-state index contributed by atoms with van der Waals surface area (Å²) in [6, 6.07) is 2.33. The van der Waals surface area contributed by atoms with Crippen LogP contribution in [0.15, 0.2) is 29.0 Å². The Morgan fingerprint density at radius 3 is 2.91 bits per heavy atom. The molecule has 1 N–H and O–H groups in total. The van der Waals surface area contributed by atoms with Gasteiger partial charge >= 0.3 is 0 Å². The van der Waals surface area contributed by atoms with Crippen molar-refractivity contribution in [3.05, 3.63) is 53.2 Å². The van der Waals surface area contributed by atoms with E-state index in [1.54, 1.807) is 6.92 Å². The van der Waals surface area contributed by atoms with Gasteiger partial charge in [0.2, 0.25) is 0 Å². The SMILES string of the molecule is Cc1ocnc1C(=O)N1C[C@@H](O)C[C@H]1c1cc(F)ccc1F. The average molecular weight is 308 g/mol. The standard InChI is InChI=1S/C15H14F2N2O3/c1-8-14(18-7-22-8)15(21)19-6-10(20)5-13(19)11-4-9(16)2-3-12(11)17/h2-4,7,10,13,20H,5-6H2,1H3/t10-,13-/m0/s1. The number of hydrogen-bond donors (Lipinski definition) is 1. The highest BCUT2D eigenvalue weighted by atomic mass is 19.1. The van der Waals surface area contributed by atoms with Gasteiger partial charge in [-0.3, -0.25) is 4.79 Å². The van der Waals surface area contributed by atoms with Crippen molar-refractivity contribution < 1.29 is 23.1 Å². The molecule has 3 rings (SSSR count). The smallest absolute Gasteiger partial charge is 0.276 e. The number of rotatable bonds is 2. The quantitative estimate of drug-likeness (QED) is 0.923. The van der Waals surface area contributed by atoms with E-state index >= 15 is 0 Å². The van der Waals surface area contributed by atoms with E-state index in [2.05, 4.69) is 4.98 Å². The van der Waals surface area contributed by atoms with Crippen LogP contribution in [-0.4, -0.2) is 33.5 Å². The first-order valence-corrected chi connectivity index (χ1v) is 6.81. The monoisotopic (exact) mass is 308 g/mol. The van der Waals surface area contributed by atoms with Gasteiger partial charge in [0, 0.05) is 12.1 Å². The van der Waals surface area contributed by atoms with Gasteiger partial charge in [-0.25, -0.2) is 13.8 Å². The van der Waals surface area contributed by atoms with Crippen molar-refractivity contribution >= 4 is 5.91 Å². The molecule has 0 radical (unpaired) electrons. The van der Waals surface area contributed by atoms with E-state index in [0.717, 1.165) is 24.6 Å². The zero-order chi connectivity index (χ0) is 15.9. The number of amides is 1. The maximum atomic E-state index is 14.0. The summed E-state index contributed by atoms with van der Waals surface area (Å²) < 4.78 is 32.4. The molecule has 1 saturated heterocycles. The largest absolute Gasteiger partial charge is 0.448 e. The Labute approximate surface area is 125 Å². The number of likely N-dealkylation sites (tertiary alicyclic amines) is 1. The minimum absolute atomic E-state index is 0.0335. The summed E-state index contributed by atoms with van der Waals surface area (Å²) in [7, 11) is 0. The Bertz CT molecular complexity index is 717. The van der Waals surface area contributed by atoms with Crippen LogP contribution in [0.1, 0.15) is 34.3 Å². The first-order valence-electron chi connectivity index (χ1n) is 6.81. The number of β-amino-alcohol motifs (C(OH)–C–C–N with tert-alkyl or cyclic N) is 1. The van der Waals surface area contributed by atoms with Gasteiger partial charge in [-0.1, -0.05) is 0 Å². The Kier molecular flexibility index (Phi) is 3.66. The van der Waals surface area contributed by atoms with Gasteiger partial charge in [0.15, 0.2) is 12.1 Å². The third-order valence-electron chi connectivity index (χ3n) is 3.80. The Morgan fingerprint density at radius 1 is 1.45 bits per heavy atom. The zero-order valence-electron chi connectivity index (χ0n) is 11.8. The first-order chi connectivity index (χ1) is 10.5. The molecule has 1 aromatic heterocycles. The molecule has 1 fully saturated rings. The highest BCUT2D eigenvalue weighted by molar-refractivity contribution is 5.93. The lowest BCUT2D eigenvalue weighted by Crippen LogP contribution is -2.32. The van der Waals surface area contributed by atoms with E-state index in [1.807, 2.05) is 0 Å². The maximum absolute atomic E-state index is 14.0. The molecule has 22 heavy (non-hydrogen) atoms. The summed E-state index contributed by atoms with van der Waals surface area (Å²) in [6.45, 7) is 1.62. The molecule has 2 atom stereocenters. The minimum atomic E-state index is -0.802. The van der Waals surface area contributed by atoms with Gasteiger partial charge in [-0.05, 0) is 31.5 Å². The van der Waals surface area contributed by atoms with Crippen molar-refractivity contribution in [1.29, 1.82) is 0 Å². The molecule has 7 heteroatoms. The van der Waals surface area contributed by atoms with Crippen LogP contribution in [0.5, 0.6) is 0 Å². The van der Waals surface area contributed by atoms with Gasteiger partial charge in [0.05, 0.1) is 12.1 Å². The van der Waals surface area contributed by atoms with E-state index < -0.39 is 29.7 Å². The maximum Gasteiger partial charge on any atom is 0.276 e. The van der Waals surface area contributed by atoms with E-state index in [-0.39, 0.29) is 24.2 Å². The van der Waals surface area contributed by atoms with E-state index in [1.165, 1.54) is 4.90 Å². The van der Waals surface area contributed by atoms with Crippen molar-refractivity contribution in [2.75, 3.05) is 6.54 Å². The molecule has 1 aliphatic rings. The molecule has 0 bridgehead atoms. The molecule has 0 spiro atoms. The van der Waals surface area contributed by atoms with E-state index in [9.17, 15) is 18.7 Å². The number of oxazole rings is 1. The number of aromatic nitrogens is 1. The molecule has 5 nitrogen and oxygen atoms in total. The second-order valence-electron chi connectivity index (χ2n) is 5.29. The fourth-order valence-electron chi connectivity index (χ4n) is 2.75. The molecule has 1 aliphatic heterocycles. The molecule has 1 aromatic carbocycles. The normalized spacial score (nSPS) is 21.4. The van der Waals surface area contributed by atoms with E-state index in [0.29, 0.717) is 5.76 Å². The highest BCUT2D eigenvalue weighted by Gasteiger charge is 2.38. The number of aliphatic hydroxyl groups is 1. The Balaban J connectivity index is 1.98. The van der Waals surface area contributed by atoms with Crippen LogP contribution < -0.4 is 0 Å². The number of aryl methyl sites for hydroxylation is 1. The number of aliphatic hydroxyl groups excluding tert-OH is 1. The van der Waals surface area contributed by atoms with Crippen LogP contribution in [0, 0.1) is 18.6 Å². The third kappa shape index (κ3) is 2.48. The molecule has 0 unspecified atom stereocenters. The average Bonchev–Trinajstić information content (AvgIpc) is 3.07. The van der Waals surface area contributed by atoms with Gasteiger partial charge in [0.1, 0.15) is 17.4 Å². The Morgan fingerprint density at radius 2 is 2.23 bits per heavy atom. The third-order valence-corrected chi connectivity index (χ3v) is 3.80. The molecule has 2 aromatic rings. The van der Waals surface area contributed by atoms with Gasteiger partial charge in [0.25, 0.3) is 5.91 Å². The van der Waals surface area contributed by atoms with Crippen LogP contribution in [-0.2, 0) is 0 Å². The summed E-state index contributed by atoms with van der Waals surface area (Å²) in [5.41, 5.74) is 0.155. The molecule has 2 heterocycles. The second kappa shape index (κ2) is 5.49. The number of benzene rings is 1. The summed E-state index contributed by atoms with van der Waals surface area (Å²) in [4.78, 5) is 17.7. The topological polar surface area (TPSA) is 66.6 Å². The van der Waals surface area contributed by atoms with Crippen molar-refractivity contribution in [2.24, 2.45) is 0 Å². The van der Waals surface area contributed by atoms with Gasteiger partial charge in [-0.15, -0.1) is 0 Å². The van der Waals surface area contributed by atoms with Crippen molar-refractivity contribution in [3.8, 4) is 0 Å². The van der Waals surface area contributed by atoms with Crippen LogP contribution in [0.4, 0.5) is 8.78 Å². The van der Waals surface area contributed by atoms with Crippen LogP contribution >= 0.6 is 0 Å². The first kappa shape index (κ1) is 14.6. The number of carbonyl (C=O) groups excluding carboxylic acids is 1. The van der Waals surface area contributed by atoms with Crippen molar-refractivity contribution in [1.82, 2.24) is 9.88 Å². The van der Waals surface area contributed by atoms with Gasteiger partial charge < -0.3 is 14.4 Å². The molecular formula is C15H14F2N2O3. The van der Waals surface area contributed by atoms with Gasteiger partial charge in [-0.2, -0.15) is 0 Å². The fourth-order valence-corrected chi connectivity index (χ4v) is 2.75. The molecule has 0 aliphatic carbocycles. The predicted molar refractivity (Wildman–Crippen MR) is 72.0 cm³/mol. The highest BCUT2D eigenvalue weighted by Crippen LogP contribution is 2.35.